The number of amides is 3. The molecule has 0 radical (unpaired) electrons. The second kappa shape index (κ2) is 12.8. The first-order chi connectivity index (χ1) is 20.6. The third-order valence-electron chi connectivity index (χ3n) is 8.52. The van der Waals surface area contributed by atoms with Crippen LogP contribution in [0.4, 0.5) is 0 Å². The van der Waals surface area contributed by atoms with E-state index >= 15 is 0 Å². The van der Waals surface area contributed by atoms with Gasteiger partial charge in [-0.1, -0.05) is 44.2 Å². The van der Waals surface area contributed by atoms with Crippen molar-refractivity contribution in [3.05, 3.63) is 47.7 Å². The quantitative estimate of drug-likeness (QED) is 0.431. The molecule has 0 saturated carbocycles. The number of hydrogen-bond acceptors (Lipinski definition) is 8. The largest absolute Gasteiger partial charge is 0.451 e. The van der Waals surface area contributed by atoms with Crippen molar-refractivity contribution < 1.29 is 28.7 Å². The van der Waals surface area contributed by atoms with Crippen molar-refractivity contribution in [1.82, 2.24) is 26.1 Å². The molecule has 4 heterocycles. The van der Waals surface area contributed by atoms with Crippen molar-refractivity contribution in [1.29, 1.82) is 0 Å². The maximum atomic E-state index is 13.8. The van der Waals surface area contributed by atoms with Crippen LogP contribution >= 0.6 is 0 Å². The van der Waals surface area contributed by atoms with Crippen molar-refractivity contribution in [3.63, 3.8) is 0 Å². The van der Waals surface area contributed by atoms with E-state index in [1.54, 1.807) is 20.8 Å². The number of esters is 1. The molecule has 2 aromatic rings. The molecule has 11 heteroatoms. The van der Waals surface area contributed by atoms with Gasteiger partial charge in [-0.3, -0.25) is 29.2 Å². The van der Waals surface area contributed by atoms with Crippen LogP contribution in [0, 0.1) is 11.3 Å². The van der Waals surface area contributed by atoms with E-state index < -0.39 is 35.5 Å². The fourth-order valence-corrected chi connectivity index (χ4v) is 5.76. The minimum absolute atomic E-state index is 0.236. The van der Waals surface area contributed by atoms with Crippen LogP contribution in [0.3, 0.4) is 0 Å². The summed E-state index contributed by atoms with van der Waals surface area (Å²) >= 11 is 0. The summed E-state index contributed by atoms with van der Waals surface area (Å²) in [6.07, 6.45) is 4.66. The molecule has 43 heavy (non-hydrogen) atoms. The first-order valence-electron chi connectivity index (χ1n) is 15.1. The fourth-order valence-electron chi connectivity index (χ4n) is 5.76. The van der Waals surface area contributed by atoms with Crippen LogP contribution in [-0.2, 0) is 28.7 Å². The Morgan fingerprint density at radius 3 is 2.44 bits per heavy atom. The maximum Gasteiger partial charge on any atom is 0.316 e. The lowest BCUT2D eigenvalue weighted by Crippen LogP contribution is -2.61. The summed E-state index contributed by atoms with van der Waals surface area (Å²) in [6, 6.07) is 7.85. The average molecular weight is 592 g/mol. The van der Waals surface area contributed by atoms with E-state index in [0.29, 0.717) is 51.1 Å². The number of rotatable bonds is 1. The number of fused-ring (bicyclic) bond motifs is 4. The molecule has 11 nitrogen and oxygen atoms in total. The molecule has 5 rings (SSSR count). The molecule has 1 aromatic heterocycles. The maximum absolute atomic E-state index is 13.8. The summed E-state index contributed by atoms with van der Waals surface area (Å²) in [5, 5.41) is 8.10. The highest BCUT2D eigenvalue weighted by molar-refractivity contribution is 5.92. The summed E-state index contributed by atoms with van der Waals surface area (Å²) in [6.45, 7) is 8.22. The highest BCUT2D eigenvalue weighted by atomic mass is 16.6. The smallest absolute Gasteiger partial charge is 0.316 e. The Labute approximate surface area is 251 Å². The van der Waals surface area contributed by atoms with E-state index in [4.69, 9.17) is 14.5 Å². The Balaban J connectivity index is 1.53. The Morgan fingerprint density at radius 1 is 0.977 bits per heavy atom. The zero-order valence-corrected chi connectivity index (χ0v) is 25.2. The molecule has 1 unspecified atom stereocenters. The van der Waals surface area contributed by atoms with Gasteiger partial charge in [0.25, 0.3) is 11.8 Å². The summed E-state index contributed by atoms with van der Waals surface area (Å²) < 4.78 is 11.5. The van der Waals surface area contributed by atoms with Gasteiger partial charge in [0.15, 0.2) is 6.10 Å². The summed E-state index contributed by atoms with van der Waals surface area (Å²) in [5.41, 5.74) is 4.39. The second-order valence-electron chi connectivity index (χ2n) is 12.1. The lowest BCUT2D eigenvalue weighted by molar-refractivity contribution is -0.170. The van der Waals surface area contributed by atoms with Gasteiger partial charge < -0.3 is 20.1 Å². The lowest BCUT2D eigenvalue weighted by Gasteiger charge is -2.36. The van der Waals surface area contributed by atoms with Gasteiger partial charge in [0, 0.05) is 25.1 Å². The van der Waals surface area contributed by atoms with Gasteiger partial charge in [0.05, 0.1) is 22.7 Å². The highest BCUT2D eigenvalue weighted by Gasteiger charge is 2.42. The lowest BCUT2D eigenvalue weighted by atomic mass is 9.79. The van der Waals surface area contributed by atoms with Gasteiger partial charge >= 0.3 is 5.97 Å². The number of cyclic esters (lactones) is 1. The third kappa shape index (κ3) is 6.73. The zero-order chi connectivity index (χ0) is 30.7. The Morgan fingerprint density at radius 2 is 1.70 bits per heavy atom. The van der Waals surface area contributed by atoms with Crippen LogP contribution in [0.5, 0.6) is 0 Å². The summed E-state index contributed by atoms with van der Waals surface area (Å²) in [5.74, 6) is -1.99. The molecule has 2 fully saturated rings. The standard InChI is InChI=1S/C32H41N5O6/c1-19(2)27-29(39)34-21(4)30(40)37-15-5-6-25(36-37)28(38)33-20(3)24-10-9-23-8-7-22(18-26(23)35-24)11-12-32(31(41)43-27)13-16-42-17-14-32/h7-12,18-21,25,27,36H,5-6,13-17H2,1-4H3,(H,33,38)(H,34,39)/b12-11+/t20-,21+,25?,27+/m1/s1. The summed E-state index contributed by atoms with van der Waals surface area (Å²) in [4.78, 5) is 58.5. The fraction of sp³-hybridized carbons (Fsp3) is 0.531. The van der Waals surface area contributed by atoms with Gasteiger partial charge in [-0.25, -0.2) is 5.43 Å². The first-order valence-corrected chi connectivity index (χ1v) is 15.1. The van der Waals surface area contributed by atoms with E-state index in [2.05, 4.69) is 16.1 Å². The SMILES string of the molecule is CC(C)[C@@H]1OC(=O)C2(/C=C/c3ccc4ccc(nc4c3)[C@@H](C)NC(=O)C3CCCN(N3)C(=O)[C@H](C)NC1=O)CCOCC2. The number of carbonyl (C=O) groups excluding carboxylic acids is 4. The molecule has 3 aliphatic heterocycles. The van der Waals surface area contributed by atoms with E-state index in [0.717, 1.165) is 16.5 Å². The highest BCUT2D eigenvalue weighted by Crippen LogP contribution is 2.35. The Hall–Kier alpha value is -3.83. The number of hydrazine groups is 1. The molecule has 3 N–H and O–H groups in total. The number of nitrogens with zero attached hydrogens (tertiary/aromatic N) is 2. The number of pyridine rings is 1. The zero-order valence-electron chi connectivity index (χ0n) is 25.2. The number of ether oxygens (including phenoxy) is 2. The van der Waals surface area contributed by atoms with Crippen LogP contribution in [0.1, 0.15) is 70.7 Å². The molecule has 3 aliphatic rings. The average Bonchev–Trinajstić information content (AvgIpc) is 3.01. The predicted molar refractivity (Wildman–Crippen MR) is 160 cm³/mol. The predicted octanol–water partition coefficient (Wildman–Crippen LogP) is 2.80. The topological polar surface area (TPSA) is 139 Å². The van der Waals surface area contributed by atoms with Crippen LogP contribution < -0.4 is 16.1 Å². The van der Waals surface area contributed by atoms with Gasteiger partial charge in [-0.2, -0.15) is 0 Å². The minimum atomic E-state index is -1.09. The molecule has 230 valence electrons. The number of carbonyl (C=O) groups is 4. The van der Waals surface area contributed by atoms with Crippen molar-refractivity contribution in [2.75, 3.05) is 19.8 Å². The van der Waals surface area contributed by atoms with Gasteiger partial charge in [-0.15, -0.1) is 0 Å². The number of aromatic nitrogens is 1. The number of nitrogens with one attached hydrogen (secondary N) is 3. The molecule has 5 bridgehead atoms. The molecule has 1 spiro atoms. The molecular weight excluding hydrogens is 550 g/mol. The van der Waals surface area contributed by atoms with E-state index in [1.165, 1.54) is 5.01 Å². The van der Waals surface area contributed by atoms with Gasteiger partial charge in [0.1, 0.15) is 12.1 Å². The van der Waals surface area contributed by atoms with Crippen LogP contribution in [0.25, 0.3) is 17.0 Å². The van der Waals surface area contributed by atoms with Crippen LogP contribution in [0.2, 0.25) is 0 Å². The number of hydrogen-bond donors (Lipinski definition) is 3. The van der Waals surface area contributed by atoms with Crippen LogP contribution in [0.15, 0.2) is 36.4 Å². The second-order valence-corrected chi connectivity index (χ2v) is 12.1. The van der Waals surface area contributed by atoms with E-state index in [9.17, 15) is 19.2 Å². The molecule has 3 amide bonds. The van der Waals surface area contributed by atoms with Crippen LogP contribution in [-0.4, -0.2) is 71.6 Å². The third-order valence-corrected chi connectivity index (χ3v) is 8.52. The normalized spacial score (nSPS) is 28.0. The monoisotopic (exact) mass is 591 g/mol. The van der Waals surface area contributed by atoms with Crippen molar-refractivity contribution >= 4 is 40.7 Å². The first kappa shape index (κ1) is 30.6. The van der Waals surface area contributed by atoms with E-state index in [1.807, 2.05) is 49.4 Å². The molecular formula is C32H41N5O6. The summed E-state index contributed by atoms with van der Waals surface area (Å²) in [7, 11) is 0. The minimum Gasteiger partial charge on any atom is -0.451 e. The molecule has 1 aromatic carbocycles. The van der Waals surface area contributed by atoms with E-state index in [-0.39, 0.29) is 23.8 Å². The number of benzene rings is 1. The van der Waals surface area contributed by atoms with Gasteiger partial charge in [0.2, 0.25) is 5.91 Å². The van der Waals surface area contributed by atoms with Crippen molar-refractivity contribution in [2.24, 2.45) is 11.3 Å². The van der Waals surface area contributed by atoms with Gasteiger partial charge in [-0.05, 0) is 63.1 Å². The molecule has 0 aliphatic carbocycles. The van der Waals surface area contributed by atoms with Crippen molar-refractivity contribution in [3.8, 4) is 0 Å². The molecule has 4 atom stereocenters. The Bertz CT molecular complexity index is 1420. The molecule has 2 saturated heterocycles. The van der Waals surface area contributed by atoms with Crippen molar-refractivity contribution in [2.45, 2.75) is 77.6 Å². The Kier molecular flexibility index (Phi) is 9.12.